The van der Waals surface area contributed by atoms with Crippen LogP contribution in [-0.2, 0) is 11.8 Å². The number of likely N-dealkylation sites (tertiary alicyclic amines) is 1. The van der Waals surface area contributed by atoms with E-state index in [0.717, 1.165) is 0 Å². The molecule has 1 fully saturated rings. The van der Waals surface area contributed by atoms with Crippen molar-refractivity contribution in [3.05, 3.63) is 28.6 Å². The van der Waals surface area contributed by atoms with Crippen LogP contribution in [0.4, 0.5) is 5.82 Å². The van der Waals surface area contributed by atoms with E-state index < -0.39 is 5.54 Å². The highest BCUT2D eigenvalue weighted by molar-refractivity contribution is 7.12. The molecule has 27 heavy (non-hydrogen) atoms. The van der Waals surface area contributed by atoms with Gasteiger partial charge in [-0.1, -0.05) is 0 Å². The van der Waals surface area contributed by atoms with Crippen molar-refractivity contribution >= 4 is 29.0 Å². The maximum atomic E-state index is 12.9. The number of carbonyl (C=O) groups is 2. The number of rotatable bonds is 6. The van der Waals surface area contributed by atoms with Gasteiger partial charge in [0.15, 0.2) is 0 Å². The summed E-state index contributed by atoms with van der Waals surface area (Å²) >= 11 is 1.38. The zero-order chi connectivity index (χ0) is 19.4. The second kappa shape index (κ2) is 7.99. The molecule has 3 heterocycles. The summed E-state index contributed by atoms with van der Waals surface area (Å²) in [5.74, 6) is 1.14. The standard InChI is InChI=1S/C18H25N5O3S/c1-4-26-13-6-12-27-15(13)16(24)23-10-7-18(8-11-23,17(25)19-2)20-14-5-9-22(3)21-14/h5-6,9,12H,4,7-8,10-11H2,1-3H3,(H,19,25)(H,20,21). The summed E-state index contributed by atoms with van der Waals surface area (Å²) in [4.78, 5) is 27.9. The van der Waals surface area contributed by atoms with Crippen molar-refractivity contribution in [2.75, 3.05) is 32.1 Å². The van der Waals surface area contributed by atoms with E-state index in [1.165, 1.54) is 11.3 Å². The molecule has 146 valence electrons. The topological polar surface area (TPSA) is 88.5 Å². The molecule has 2 aromatic rings. The second-order valence-electron chi connectivity index (χ2n) is 6.50. The number of thiophene rings is 1. The minimum atomic E-state index is -0.780. The Kier molecular flexibility index (Phi) is 5.69. The summed E-state index contributed by atoms with van der Waals surface area (Å²) in [6.07, 6.45) is 2.83. The molecule has 0 radical (unpaired) electrons. The van der Waals surface area contributed by atoms with Crippen LogP contribution in [0.25, 0.3) is 0 Å². The Morgan fingerprint density at radius 3 is 2.67 bits per heavy atom. The number of nitrogens with zero attached hydrogens (tertiary/aromatic N) is 3. The van der Waals surface area contributed by atoms with E-state index >= 15 is 0 Å². The van der Waals surface area contributed by atoms with Gasteiger partial charge in [-0.25, -0.2) is 0 Å². The van der Waals surface area contributed by atoms with E-state index in [2.05, 4.69) is 15.7 Å². The van der Waals surface area contributed by atoms with Crippen LogP contribution in [0.15, 0.2) is 23.7 Å². The van der Waals surface area contributed by atoms with E-state index in [1.54, 1.807) is 16.6 Å². The molecular formula is C18H25N5O3S. The number of piperidine rings is 1. The zero-order valence-corrected chi connectivity index (χ0v) is 16.6. The molecule has 2 N–H and O–H groups in total. The first-order chi connectivity index (χ1) is 13.0. The molecule has 2 aromatic heterocycles. The molecule has 0 aliphatic carbocycles. The largest absolute Gasteiger partial charge is 0.492 e. The smallest absolute Gasteiger partial charge is 0.267 e. The van der Waals surface area contributed by atoms with Crippen LogP contribution in [0.5, 0.6) is 5.75 Å². The minimum Gasteiger partial charge on any atom is -0.492 e. The fourth-order valence-electron chi connectivity index (χ4n) is 3.33. The monoisotopic (exact) mass is 391 g/mol. The maximum absolute atomic E-state index is 12.9. The number of aryl methyl sites for hydroxylation is 1. The first kappa shape index (κ1) is 19.2. The average molecular weight is 391 g/mol. The third kappa shape index (κ3) is 3.92. The van der Waals surface area contributed by atoms with E-state index in [0.29, 0.717) is 49.0 Å². The number of amides is 2. The third-order valence-electron chi connectivity index (χ3n) is 4.77. The Morgan fingerprint density at radius 1 is 1.33 bits per heavy atom. The molecule has 0 spiro atoms. The van der Waals surface area contributed by atoms with Gasteiger partial charge in [-0.15, -0.1) is 11.3 Å². The number of likely N-dealkylation sites (N-methyl/N-ethyl adjacent to an activating group) is 1. The lowest BCUT2D eigenvalue weighted by atomic mass is 9.86. The van der Waals surface area contributed by atoms with Gasteiger partial charge >= 0.3 is 0 Å². The Bertz CT molecular complexity index is 808. The van der Waals surface area contributed by atoms with Crippen molar-refractivity contribution in [3.8, 4) is 5.75 Å². The lowest BCUT2D eigenvalue weighted by molar-refractivity contribution is -0.126. The van der Waals surface area contributed by atoms with Crippen molar-refractivity contribution in [1.82, 2.24) is 20.0 Å². The predicted octanol–water partition coefficient (Wildman–Crippen LogP) is 1.71. The average Bonchev–Trinajstić information content (AvgIpc) is 3.30. The molecular weight excluding hydrogens is 366 g/mol. The molecule has 1 saturated heterocycles. The van der Waals surface area contributed by atoms with E-state index in [9.17, 15) is 9.59 Å². The highest BCUT2D eigenvalue weighted by Gasteiger charge is 2.42. The van der Waals surface area contributed by atoms with Crippen molar-refractivity contribution in [1.29, 1.82) is 0 Å². The number of hydrogen-bond acceptors (Lipinski definition) is 6. The van der Waals surface area contributed by atoms with Crippen LogP contribution in [0, 0.1) is 0 Å². The van der Waals surface area contributed by atoms with E-state index in [1.807, 2.05) is 37.7 Å². The first-order valence-corrected chi connectivity index (χ1v) is 9.86. The molecule has 8 nitrogen and oxygen atoms in total. The molecule has 9 heteroatoms. The number of anilines is 1. The van der Waals surface area contributed by atoms with Gasteiger partial charge in [0.25, 0.3) is 5.91 Å². The van der Waals surface area contributed by atoms with Gasteiger partial charge in [-0.2, -0.15) is 5.10 Å². The van der Waals surface area contributed by atoms with Gasteiger partial charge in [0.05, 0.1) is 6.61 Å². The van der Waals surface area contributed by atoms with Gasteiger partial charge in [-0.05, 0) is 31.2 Å². The van der Waals surface area contributed by atoms with Crippen molar-refractivity contribution in [3.63, 3.8) is 0 Å². The molecule has 0 bridgehead atoms. The molecule has 0 aromatic carbocycles. The number of ether oxygens (including phenoxy) is 1. The Hall–Kier alpha value is -2.55. The summed E-state index contributed by atoms with van der Waals surface area (Å²) in [5, 5.41) is 12.2. The lowest BCUT2D eigenvalue weighted by Crippen LogP contribution is -2.58. The molecule has 1 aliphatic rings. The van der Waals surface area contributed by atoms with E-state index in [-0.39, 0.29) is 11.8 Å². The van der Waals surface area contributed by atoms with E-state index in [4.69, 9.17) is 4.74 Å². The zero-order valence-electron chi connectivity index (χ0n) is 15.8. The molecule has 0 saturated carbocycles. The van der Waals surface area contributed by atoms with Crippen LogP contribution < -0.4 is 15.4 Å². The molecule has 0 atom stereocenters. The summed E-state index contributed by atoms with van der Waals surface area (Å²) in [5.41, 5.74) is -0.780. The Morgan fingerprint density at radius 2 is 2.07 bits per heavy atom. The Labute approximate surface area is 162 Å². The molecule has 0 unspecified atom stereocenters. The SMILES string of the molecule is CCOc1ccsc1C(=O)N1CCC(Nc2ccn(C)n2)(C(=O)NC)CC1. The van der Waals surface area contributed by atoms with Crippen LogP contribution in [0.1, 0.15) is 29.4 Å². The number of hydrogen-bond donors (Lipinski definition) is 2. The van der Waals surface area contributed by atoms with Crippen molar-refractivity contribution in [2.24, 2.45) is 7.05 Å². The summed E-state index contributed by atoms with van der Waals surface area (Å²) in [6, 6.07) is 3.66. The number of aromatic nitrogens is 2. The number of nitrogens with one attached hydrogen (secondary N) is 2. The highest BCUT2D eigenvalue weighted by Crippen LogP contribution is 2.31. The highest BCUT2D eigenvalue weighted by atomic mass is 32.1. The second-order valence-corrected chi connectivity index (χ2v) is 7.42. The molecule has 1 aliphatic heterocycles. The summed E-state index contributed by atoms with van der Waals surface area (Å²) < 4.78 is 7.23. The van der Waals surface area contributed by atoms with Gasteiger partial charge < -0.3 is 20.3 Å². The summed E-state index contributed by atoms with van der Waals surface area (Å²) in [7, 11) is 3.46. The van der Waals surface area contributed by atoms with Gasteiger partial charge in [0.2, 0.25) is 5.91 Å². The quantitative estimate of drug-likeness (QED) is 0.783. The fraction of sp³-hybridized carbons (Fsp3) is 0.500. The van der Waals surface area contributed by atoms with Crippen LogP contribution in [0.3, 0.4) is 0 Å². The lowest BCUT2D eigenvalue weighted by Gasteiger charge is -2.40. The first-order valence-electron chi connectivity index (χ1n) is 8.98. The maximum Gasteiger partial charge on any atom is 0.267 e. The predicted molar refractivity (Wildman–Crippen MR) is 104 cm³/mol. The third-order valence-corrected chi connectivity index (χ3v) is 5.65. The van der Waals surface area contributed by atoms with Crippen LogP contribution in [0.2, 0.25) is 0 Å². The van der Waals surface area contributed by atoms with Gasteiger partial charge in [0, 0.05) is 39.4 Å². The van der Waals surface area contributed by atoms with Crippen molar-refractivity contribution < 1.29 is 14.3 Å². The number of carbonyl (C=O) groups excluding carboxylic acids is 2. The minimum absolute atomic E-state index is 0.0446. The van der Waals surface area contributed by atoms with Gasteiger partial charge in [0.1, 0.15) is 22.0 Å². The fourth-order valence-corrected chi connectivity index (χ4v) is 4.13. The molecule has 3 rings (SSSR count). The van der Waals surface area contributed by atoms with Crippen LogP contribution in [-0.4, -0.2) is 58.8 Å². The molecule has 2 amide bonds. The van der Waals surface area contributed by atoms with Gasteiger partial charge in [-0.3, -0.25) is 14.3 Å². The Balaban J connectivity index is 1.73. The normalized spacial score (nSPS) is 16.0. The van der Waals surface area contributed by atoms with Crippen LogP contribution >= 0.6 is 11.3 Å². The van der Waals surface area contributed by atoms with Crippen molar-refractivity contribution in [2.45, 2.75) is 25.3 Å². The summed E-state index contributed by atoms with van der Waals surface area (Å²) in [6.45, 7) is 3.38.